The number of rotatable bonds is 6. The van der Waals surface area contributed by atoms with Crippen molar-refractivity contribution in [3.63, 3.8) is 0 Å². The Morgan fingerprint density at radius 1 is 0.875 bits per heavy atom. The van der Waals surface area contributed by atoms with Gasteiger partial charge in [-0.05, 0) is 54.8 Å². The summed E-state index contributed by atoms with van der Waals surface area (Å²) in [6, 6.07) is 24.5. The molecule has 0 heterocycles. The summed E-state index contributed by atoms with van der Waals surface area (Å²) < 4.78 is 41.1. The first-order chi connectivity index (χ1) is 15.3. The number of nitrogens with zero attached hydrogens (tertiary/aromatic N) is 1. The second kappa shape index (κ2) is 8.80. The number of aryl methyl sites for hydroxylation is 1. The summed E-state index contributed by atoms with van der Waals surface area (Å²) in [6.45, 7) is 1.45. The van der Waals surface area contributed by atoms with Crippen LogP contribution in [0.15, 0.2) is 95.9 Å². The van der Waals surface area contributed by atoms with Crippen molar-refractivity contribution in [1.29, 1.82) is 0 Å². The fourth-order valence-electron chi connectivity index (χ4n) is 3.41. The Bertz CT molecular complexity index is 1360. The predicted molar refractivity (Wildman–Crippen MR) is 125 cm³/mol. The van der Waals surface area contributed by atoms with E-state index in [2.05, 4.69) is 5.32 Å². The summed E-state index contributed by atoms with van der Waals surface area (Å²) in [5, 5.41) is 4.64. The largest absolute Gasteiger partial charge is 0.324 e. The van der Waals surface area contributed by atoms with E-state index in [4.69, 9.17) is 0 Å². The molecule has 0 bridgehead atoms. The zero-order chi connectivity index (χ0) is 22.7. The molecule has 7 heteroatoms. The number of benzene rings is 4. The van der Waals surface area contributed by atoms with Gasteiger partial charge >= 0.3 is 0 Å². The second-order valence-electron chi connectivity index (χ2n) is 7.38. The third kappa shape index (κ3) is 4.48. The van der Waals surface area contributed by atoms with E-state index >= 15 is 0 Å². The van der Waals surface area contributed by atoms with E-state index in [1.165, 1.54) is 12.1 Å². The van der Waals surface area contributed by atoms with Crippen LogP contribution in [0.3, 0.4) is 0 Å². The van der Waals surface area contributed by atoms with Gasteiger partial charge in [0.05, 0.1) is 10.6 Å². The molecule has 0 aliphatic carbocycles. The Labute approximate surface area is 186 Å². The van der Waals surface area contributed by atoms with E-state index in [1.807, 2.05) is 43.3 Å². The first-order valence-electron chi connectivity index (χ1n) is 9.97. The molecular weight excluding hydrogens is 427 g/mol. The predicted octanol–water partition coefficient (Wildman–Crippen LogP) is 5.12. The van der Waals surface area contributed by atoms with Crippen molar-refractivity contribution in [3.8, 4) is 0 Å². The maximum atomic E-state index is 13.4. The van der Waals surface area contributed by atoms with Crippen molar-refractivity contribution < 1.29 is 17.6 Å². The molecule has 1 amide bonds. The number of nitrogens with one attached hydrogen (secondary N) is 1. The molecule has 1 N–H and O–H groups in total. The van der Waals surface area contributed by atoms with Gasteiger partial charge in [-0.2, -0.15) is 0 Å². The van der Waals surface area contributed by atoms with E-state index < -0.39 is 28.3 Å². The minimum Gasteiger partial charge on any atom is -0.324 e. The fourth-order valence-corrected chi connectivity index (χ4v) is 4.84. The third-order valence-electron chi connectivity index (χ3n) is 5.07. The maximum Gasteiger partial charge on any atom is 0.264 e. The second-order valence-corrected chi connectivity index (χ2v) is 9.24. The summed E-state index contributed by atoms with van der Waals surface area (Å²) in [4.78, 5) is 12.9. The average molecular weight is 449 g/mol. The third-order valence-corrected chi connectivity index (χ3v) is 6.86. The zero-order valence-electron chi connectivity index (χ0n) is 17.3. The summed E-state index contributed by atoms with van der Waals surface area (Å²) >= 11 is 0. The molecule has 4 rings (SSSR count). The van der Waals surface area contributed by atoms with Crippen LogP contribution in [0.2, 0.25) is 0 Å². The fraction of sp³-hybridized carbons (Fsp3) is 0.0800. The lowest BCUT2D eigenvalue weighted by atomic mass is 10.1. The highest BCUT2D eigenvalue weighted by molar-refractivity contribution is 7.92. The van der Waals surface area contributed by atoms with Gasteiger partial charge in [-0.3, -0.25) is 9.10 Å². The molecule has 0 aliphatic heterocycles. The lowest BCUT2D eigenvalue weighted by Crippen LogP contribution is -2.38. The van der Waals surface area contributed by atoms with Crippen molar-refractivity contribution in [2.24, 2.45) is 0 Å². The topological polar surface area (TPSA) is 66.5 Å². The van der Waals surface area contributed by atoms with Crippen LogP contribution in [0.5, 0.6) is 0 Å². The Morgan fingerprint density at radius 2 is 1.53 bits per heavy atom. The molecule has 0 fully saturated rings. The van der Waals surface area contributed by atoms with Gasteiger partial charge < -0.3 is 5.32 Å². The molecule has 0 atom stereocenters. The monoisotopic (exact) mass is 448 g/mol. The van der Waals surface area contributed by atoms with E-state index in [1.54, 1.807) is 30.3 Å². The number of anilines is 2. The van der Waals surface area contributed by atoms with Gasteiger partial charge in [-0.1, -0.05) is 54.1 Å². The van der Waals surface area contributed by atoms with Crippen LogP contribution in [-0.2, 0) is 14.8 Å². The summed E-state index contributed by atoms with van der Waals surface area (Å²) in [5.74, 6) is -1.04. The normalized spacial score (nSPS) is 11.3. The molecule has 0 spiro atoms. The van der Waals surface area contributed by atoms with Gasteiger partial charge in [0.25, 0.3) is 10.0 Å². The highest BCUT2D eigenvalue weighted by Gasteiger charge is 2.27. The molecule has 0 saturated carbocycles. The van der Waals surface area contributed by atoms with Gasteiger partial charge in [0.1, 0.15) is 12.4 Å². The number of fused-ring (bicyclic) bond motifs is 1. The zero-order valence-corrected chi connectivity index (χ0v) is 18.1. The van der Waals surface area contributed by atoms with Crippen LogP contribution in [0, 0.1) is 12.7 Å². The molecule has 5 nitrogen and oxygen atoms in total. The van der Waals surface area contributed by atoms with E-state index in [0.717, 1.165) is 32.8 Å². The van der Waals surface area contributed by atoms with Crippen LogP contribution in [0.1, 0.15) is 5.56 Å². The van der Waals surface area contributed by atoms with Gasteiger partial charge in [0.15, 0.2) is 0 Å². The molecule has 0 aliphatic rings. The van der Waals surface area contributed by atoms with Crippen molar-refractivity contribution in [2.75, 3.05) is 16.2 Å². The van der Waals surface area contributed by atoms with Crippen LogP contribution in [0.4, 0.5) is 15.8 Å². The van der Waals surface area contributed by atoms with Crippen molar-refractivity contribution in [3.05, 3.63) is 102 Å². The van der Waals surface area contributed by atoms with E-state index in [-0.39, 0.29) is 4.90 Å². The minimum atomic E-state index is -4.11. The van der Waals surface area contributed by atoms with Gasteiger partial charge in [-0.15, -0.1) is 0 Å². The number of hydrogen-bond acceptors (Lipinski definition) is 3. The molecule has 0 aromatic heterocycles. The average Bonchev–Trinajstić information content (AvgIpc) is 2.79. The molecule has 4 aromatic rings. The highest BCUT2D eigenvalue weighted by Crippen LogP contribution is 2.26. The van der Waals surface area contributed by atoms with Crippen molar-refractivity contribution >= 4 is 38.1 Å². The first kappa shape index (κ1) is 21.5. The lowest BCUT2D eigenvalue weighted by molar-refractivity contribution is -0.114. The van der Waals surface area contributed by atoms with Crippen LogP contribution in [-0.4, -0.2) is 20.9 Å². The number of hydrogen-bond donors (Lipinski definition) is 1. The Morgan fingerprint density at radius 3 is 2.25 bits per heavy atom. The number of sulfonamides is 1. The van der Waals surface area contributed by atoms with Gasteiger partial charge in [0.2, 0.25) is 5.91 Å². The summed E-state index contributed by atoms with van der Waals surface area (Å²) in [7, 11) is -4.11. The SMILES string of the molecule is Cc1ccc(N(CC(=O)Nc2cccc3ccccc23)S(=O)(=O)c2ccc(F)cc2)cc1. The number of amides is 1. The Hall–Kier alpha value is -3.71. The number of halogens is 1. The van der Waals surface area contributed by atoms with Crippen LogP contribution >= 0.6 is 0 Å². The van der Waals surface area contributed by atoms with Crippen molar-refractivity contribution in [1.82, 2.24) is 0 Å². The van der Waals surface area contributed by atoms with Gasteiger partial charge in [0, 0.05) is 11.1 Å². The van der Waals surface area contributed by atoms with Crippen LogP contribution in [0.25, 0.3) is 10.8 Å². The van der Waals surface area contributed by atoms with E-state index in [0.29, 0.717) is 11.4 Å². The maximum absolute atomic E-state index is 13.4. The molecule has 162 valence electrons. The number of carbonyl (C=O) groups excluding carboxylic acids is 1. The highest BCUT2D eigenvalue weighted by atomic mass is 32.2. The summed E-state index contributed by atoms with van der Waals surface area (Å²) in [6.07, 6.45) is 0. The molecule has 4 aromatic carbocycles. The molecule has 32 heavy (non-hydrogen) atoms. The molecule has 0 unspecified atom stereocenters. The summed E-state index contributed by atoms with van der Waals surface area (Å²) in [5.41, 5.74) is 1.89. The smallest absolute Gasteiger partial charge is 0.264 e. The van der Waals surface area contributed by atoms with E-state index in [9.17, 15) is 17.6 Å². The van der Waals surface area contributed by atoms with Gasteiger partial charge in [-0.25, -0.2) is 12.8 Å². The lowest BCUT2D eigenvalue weighted by Gasteiger charge is -2.24. The standard InChI is InChI=1S/C25H21FN2O3S/c1-18-9-13-21(14-10-18)28(32(30,31)22-15-11-20(26)12-16-22)17-25(29)27-24-8-4-6-19-5-2-3-7-23(19)24/h2-16H,17H2,1H3,(H,27,29). The Kier molecular flexibility index (Phi) is 5.92. The first-order valence-corrected chi connectivity index (χ1v) is 11.4. The molecular formula is C25H21FN2O3S. The Balaban J connectivity index is 1.68. The molecule has 0 saturated heterocycles. The quantitative estimate of drug-likeness (QED) is 0.445. The van der Waals surface area contributed by atoms with Crippen molar-refractivity contribution in [2.45, 2.75) is 11.8 Å². The number of carbonyl (C=O) groups is 1. The van der Waals surface area contributed by atoms with Crippen LogP contribution < -0.4 is 9.62 Å². The molecule has 0 radical (unpaired) electrons. The minimum absolute atomic E-state index is 0.0996.